The van der Waals surface area contributed by atoms with Crippen molar-refractivity contribution in [2.75, 3.05) is 0 Å². The minimum absolute atomic E-state index is 0.0323. The Bertz CT molecular complexity index is 580. The zero-order chi connectivity index (χ0) is 17.8. The molecular formula is C18H26O4P+. The molecule has 0 amide bonds. The van der Waals surface area contributed by atoms with Gasteiger partial charge in [-0.25, -0.2) is 0 Å². The minimum atomic E-state index is -0.868. The molecule has 1 aromatic carbocycles. The lowest BCUT2D eigenvalue weighted by atomic mass is 9.68. The minimum Gasteiger partial charge on any atom is -0.481 e. The molecule has 1 N–H and O–H groups in total. The van der Waals surface area contributed by atoms with E-state index in [0.717, 1.165) is 35.1 Å². The van der Waals surface area contributed by atoms with E-state index in [1.807, 2.05) is 32.9 Å². The van der Waals surface area contributed by atoms with Crippen LogP contribution in [0.4, 0.5) is 0 Å². The van der Waals surface area contributed by atoms with Gasteiger partial charge >= 0.3 is 15.1 Å². The van der Waals surface area contributed by atoms with Crippen LogP contribution >= 0.6 is 9.12 Å². The topological polar surface area (TPSA) is 71.4 Å². The number of aliphatic carboxylic acids is 1. The van der Waals surface area contributed by atoms with E-state index in [0.29, 0.717) is 12.8 Å². The highest BCUT2D eigenvalue weighted by molar-refractivity contribution is 7.00. The van der Waals surface area contributed by atoms with Gasteiger partial charge in [0.25, 0.3) is 0 Å². The summed E-state index contributed by atoms with van der Waals surface area (Å²) in [5.74, 6) is -1.47. The predicted octanol–water partition coefficient (Wildman–Crippen LogP) is 4.28. The van der Waals surface area contributed by atoms with Crippen molar-refractivity contribution in [1.82, 2.24) is 0 Å². The molecule has 1 fully saturated rings. The first-order valence-corrected chi connectivity index (χ1v) is 8.36. The standard InChI is InChI=1S/C18H24O3.H2OP/c1-11-9-12(2)15(13(3)10-11)16(19)18(7-5-6-8-18)14(4)17(20)21;1-2/h9-10,14H,5-8H2,1-4H3,(H,20,21);2H2/q;+1. The lowest BCUT2D eigenvalue weighted by Crippen LogP contribution is -2.39. The highest BCUT2D eigenvalue weighted by Gasteiger charge is 2.49. The van der Waals surface area contributed by atoms with Crippen LogP contribution in [0.1, 0.15) is 59.7 Å². The van der Waals surface area contributed by atoms with Crippen molar-refractivity contribution in [2.24, 2.45) is 11.3 Å². The molecule has 1 aromatic rings. The van der Waals surface area contributed by atoms with Gasteiger partial charge in [-0.1, -0.05) is 42.0 Å². The van der Waals surface area contributed by atoms with E-state index < -0.39 is 17.3 Å². The van der Waals surface area contributed by atoms with Crippen molar-refractivity contribution in [2.45, 2.75) is 53.4 Å². The molecule has 1 saturated carbocycles. The van der Waals surface area contributed by atoms with Gasteiger partial charge in [0.2, 0.25) is 0 Å². The first-order chi connectivity index (χ1) is 10.8. The lowest BCUT2D eigenvalue weighted by molar-refractivity contribution is -0.144. The van der Waals surface area contributed by atoms with Crippen molar-refractivity contribution < 1.29 is 19.3 Å². The number of rotatable bonds is 4. The first kappa shape index (κ1) is 19.5. The molecule has 0 heterocycles. The summed E-state index contributed by atoms with van der Waals surface area (Å²) in [6.07, 6.45) is 3.25. The summed E-state index contributed by atoms with van der Waals surface area (Å²) in [6, 6.07) is 4.02. The van der Waals surface area contributed by atoms with Crippen LogP contribution < -0.4 is 0 Å². The summed E-state index contributed by atoms with van der Waals surface area (Å²) >= 11 is 0. The van der Waals surface area contributed by atoms with Gasteiger partial charge in [0.1, 0.15) is 0 Å². The van der Waals surface area contributed by atoms with Gasteiger partial charge in [-0.15, -0.1) is 0 Å². The molecule has 0 aromatic heterocycles. The van der Waals surface area contributed by atoms with Gasteiger partial charge in [-0.05, 0) is 44.7 Å². The molecule has 0 spiro atoms. The van der Waals surface area contributed by atoms with E-state index in [9.17, 15) is 14.7 Å². The van der Waals surface area contributed by atoms with Crippen molar-refractivity contribution in [1.29, 1.82) is 0 Å². The number of Topliss-reactive ketones (excluding diaryl/α,β-unsaturated/α-hetero) is 1. The fourth-order valence-corrected chi connectivity index (χ4v) is 3.89. The smallest absolute Gasteiger partial charge is 0.310 e. The maximum absolute atomic E-state index is 13.2. The number of benzene rings is 1. The molecule has 1 aliphatic rings. The fraction of sp³-hybridized carbons (Fsp3) is 0.556. The first-order valence-electron chi connectivity index (χ1n) is 7.88. The summed E-state index contributed by atoms with van der Waals surface area (Å²) in [6.45, 7) is 7.59. The van der Waals surface area contributed by atoms with E-state index in [2.05, 4.69) is 0 Å². The zero-order valence-corrected chi connectivity index (χ0v) is 15.5. The molecule has 2 unspecified atom stereocenters. The number of ketones is 1. The van der Waals surface area contributed by atoms with Crippen LogP contribution in [0.5, 0.6) is 0 Å². The summed E-state index contributed by atoms with van der Waals surface area (Å²) in [5, 5.41) is 9.43. The summed E-state index contributed by atoms with van der Waals surface area (Å²) in [5.41, 5.74) is 3.06. The SMILES string of the molecule is Cc1cc(C)c(C(=O)C2(C(C)C(=O)O)CCCC2)c(C)c1.O=[PH2+]. The van der Waals surface area contributed by atoms with Gasteiger partial charge in [-0.3, -0.25) is 9.59 Å². The van der Waals surface area contributed by atoms with Crippen LogP contribution in [-0.2, 0) is 9.36 Å². The highest BCUT2D eigenvalue weighted by atomic mass is 31.0. The Kier molecular flexibility index (Phi) is 6.64. The van der Waals surface area contributed by atoms with Gasteiger partial charge in [-0.2, -0.15) is 0 Å². The van der Waals surface area contributed by atoms with Crippen molar-refractivity contribution >= 4 is 20.9 Å². The Morgan fingerprint density at radius 3 is 1.91 bits per heavy atom. The average molecular weight is 337 g/mol. The maximum atomic E-state index is 13.2. The number of hydrogen-bond acceptors (Lipinski definition) is 3. The van der Waals surface area contributed by atoms with Crippen LogP contribution in [0.3, 0.4) is 0 Å². The van der Waals surface area contributed by atoms with Gasteiger partial charge in [0.15, 0.2) is 5.78 Å². The number of carbonyl (C=O) groups excluding carboxylic acids is 1. The number of carbonyl (C=O) groups is 2. The van der Waals surface area contributed by atoms with Crippen LogP contribution in [0, 0.1) is 32.1 Å². The Morgan fingerprint density at radius 1 is 1.09 bits per heavy atom. The summed E-state index contributed by atoms with van der Waals surface area (Å²) in [4.78, 5) is 24.7. The van der Waals surface area contributed by atoms with E-state index >= 15 is 0 Å². The monoisotopic (exact) mass is 337 g/mol. The van der Waals surface area contributed by atoms with Crippen LogP contribution in [0.25, 0.3) is 0 Å². The lowest BCUT2D eigenvalue weighted by Gasteiger charge is -2.32. The van der Waals surface area contributed by atoms with E-state index in [1.54, 1.807) is 6.92 Å². The number of hydrogen-bond donors (Lipinski definition) is 1. The molecule has 126 valence electrons. The maximum Gasteiger partial charge on any atom is 0.310 e. The molecule has 4 nitrogen and oxygen atoms in total. The Morgan fingerprint density at radius 2 is 1.52 bits per heavy atom. The Hall–Kier alpha value is -1.54. The number of carboxylic acid groups (broad SMARTS) is 1. The molecule has 1 aliphatic carbocycles. The third-order valence-electron chi connectivity index (χ3n) is 5.05. The summed E-state index contributed by atoms with van der Waals surface area (Å²) < 4.78 is 8.17. The third kappa shape index (κ3) is 3.69. The van der Waals surface area contributed by atoms with Crippen LogP contribution in [-0.4, -0.2) is 16.9 Å². The fourth-order valence-electron chi connectivity index (χ4n) is 3.89. The highest BCUT2D eigenvalue weighted by Crippen LogP contribution is 2.47. The van der Waals surface area contributed by atoms with Gasteiger partial charge in [0.05, 0.1) is 5.92 Å². The van der Waals surface area contributed by atoms with E-state index in [4.69, 9.17) is 4.57 Å². The molecule has 0 aliphatic heterocycles. The second kappa shape index (κ2) is 7.83. The van der Waals surface area contributed by atoms with Crippen LogP contribution in [0.15, 0.2) is 12.1 Å². The zero-order valence-electron chi connectivity index (χ0n) is 14.3. The predicted molar refractivity (Wildman–Crippen MR) is 93.1 cm³/mol. The van der Waals surface area contributed by atoms with Crippen molar-refractivity contribution in [3.63, 3.8) is 0 Å². The van der Waals surface area contributed by atoms with E-state index in [1.165, 1.54) is 9.12 Å². The Balaban J connectivity index is 0.00000127. The molecule has 5 heteroatoms. The molecule has 0 radical (unpaired) electrons. The van der Waals surface area contributed by atoms with Gasteiger partial charge in [0, 0.05) is 11.0 Å². The largest absolute Gasteiger partial charge is 0.481 e. The second-order valence-corrected chi connectivity index (χ2v) is 6.53. The van der Waals surface area contributed by atoms with Crippen molar-refractivity contribution in [3.05, 3.63) is 34.4 Å². The van der Waals surface area contributed by atoms with Crippen LogP contribution in [0.2, 0.25) is 0 Å². The number of aryl methyl sites for hydroxylation is 3. The molecule has 0 saturated heterocycles. The van der Waals surface area contributed by atoms with Gasteiger partial charge < -0.3 is 5.11 Å². The normalized spacial score (nSPS) is 17.0. The molecule has 2 atom stereocenters. The third-order valence-corrected chi connectivity index (χ3v) is 5.05. The van der Waals surface area contributed by atoms with Crippen molar-refractivity contribution in [3.8, 4) is 0 Å². The Labute approximate surface area is 139 Å². The quantitative estimate of drug-likeness (QED) is 0.657. The molecule has 23 heavy (non-hydrogen) atoms. The molecule has 0 bridgehead atoms. The summed E-state index contributed by atoms with van der Waals surface area (Å²) in [7, 11) is 1.17. The number of carboxylic acids is 1. The average Bonchev–Trinajstić information content (AvgIpc) is 2.98. The molecule has 2 rings (SSSR count). The van der Waals surface area contributed by atoms with E-state index in [-0.39, 0.29) is 5.78 Å². The molecular weight excluding hydrogens is 311 g/mol. The second-order valence-electron chi connectivity index (χ2n) is 6.53.